The predicted molar refractivity (Wildman–Crippen MR) is 81.3 cm³/mol. The lowest BCUT2D eigenvalue weighted by atomic mass is 10.1. The van der Waals surface area contributed by atoms with Gasteiger partial charge in [0.25, 0.3) is 0 Å². The Morgan fingerprint density at radius 1 is 1.05 bits per heavy atom. The van der Waals surface area contributed by atoms with Gasteiger partial charge in [0.1, 0.15) is 17.3 Å². The van der Waals surface area contributed by atoms with E-state index in [1.54, 1.807) is 24.3 Å². The summed E-state index contributed by atoms with van der Waals surface area (Å²) in [5.41, 5.74) is 1.96. The molecule has 3 rings (SSSR count). The van der Waals surface area contributed by atoms with Crippen LogP contribution in [0.25, 0.3) is 16.9 Å². The minimum Gasteiger partial charge on any atom is -0.212 e. The van der Waals surface area contributed by atoms with Crippen molar-refractivity contribution in [3.63, 3.8) is 0 Å². The van der Waals surface area contributed by atoms with Gasteiger partial charge in [-0.3, -0.25) is 0 Å². The van der Waals surface area contributed by atoms with Gasteiger partial charge in [-0.1, -0.05) is 28.9 Å². The Morgan fingerprint density at radius 2 is 1.77 bits per heavy atom. The second-order valence-corrected chi connectivity index (χ2v) is 5.27. The molecule has 7 heteroatoms. The quantitative estimate of drug-likeness (QED) is 0.652. The molecule has 0 saturated carbocycles. The smallest absolute Gasteiger partial charge is 0.128 e. The van der Waals surface area contributed by atoms with Gasteiger partial charge in [0, 0.05) is 16.7 Å². The molecule has 0 aliphatic carbocycles. The molecule has 3 aromatic rings. The summed E-state index contributed by atoms with van der Waals surface area (Å²) >= 11 is 11.9. The average molecular weight is 340 g/mol. The van der Waals surface area contributed by atoms with E-state index in [2.05, 4.69) is 10.3 Å². The summed E-state index contributed by atoms with van der Waals surface area (Å²) in [6.07, 6.45) is 0. The Morgan fingerprint density at radius 3 is 2.41 bits per heavy atom. The molecule has 0 saturated heterocycles. The first kappa shape index (κ1) is 14.9. The van der Waals surface area contributed by atoms with Crippen molar-refractivity contribution in [1.82, 2.24) is 15.0 Å². The summed E-state index contributed by atoms with van der Waals surface area (Å²) in [5.74, 6) is -1.29. The monoisotopic (exact) mass is 339 g/mol. The van der Waals surface area contributed by atoms with Crippen molar-refractivity contribution in [3.8, 4) is 16.9 Å². The standard InChI is InChI=1S/C15H9Cl2F2N3/c16-8-14-15(9-2-1-3-10(17)4-9)22(21-20-14)13-6-11(18)5-12(19)7-13/h1-7H,8H2. The second-order valence-electron chi connectivity index (χ2n) is 4.57. The van der Waals surface area contributed by atoms with Crippen LogP contribution in [-0.4, -0.2) is 15.0 Å². The molecule has 0 bridgehead atoms. The fraction of sp³-hybridized carbons (Fsp3) is 0.0667. The van der Waals surface area contributed by atoms with E-state index in [1.165, 1.54) is 16.8 Å². The molecule has 0 fully saturated rings. The highest BCUT2D eigenvalue weighted by atomic mass is 35.5. The van der Waals surface area contributed by atoms with Crippen LogP contribution in [0.5, 0.6) is 0 Å². The fourth-order valence-electron chi connectivity index (χ4n) is 2.17. The molecule has 22 heavy (non-hydrogen) atoms. The summed E-state index contributed by atoms with van der Waals surface area (Å²) < 4.78 is 28.2. The SMILES string of the molecule is Fc1cc(F)cc(-n2nnc(CCl)c2-c2cccc(Cl)c2)c1. The first-order valence-corrected chi connectivity index (χ1v) is 7.22. The van der Waals surface area contributed by atoms with Gasteiger partial charge in [0.2, 0.25) is 0 Å². The van der Waals surface area contributed by atoms with Crippen LogP contribution in [0.3, 0.4) is 0 Å². The molecule has 0 radical (unpaired) electrons. The minimum absolute atomic E-state index is 0.111. The number of hydrogen-bond donors (Lipinski definition) is 0. The van der Waals surface area contributed by atoms with Crippen LogP contribution in [0.15, 0.2) is 42.5 Å². The van der Waals surface area contributed by atoms with Crippen molar-refractivity contribution in [3.05, 3.63) is 64.8 Å². The zero-order chi connectivity index (χ0) is 15.7. The molecule has 0 unspecified atom stereocenters. The Labute approximate surface area is 135 Å². The first-order chi connectivity index (χ1) is 10.6. The summed E-state index contributed by atoms with van der Waals surface area (Å²) in [7, 11) is 0. The van der Waals surface area contributed by atoms with E-state index in [1.807, 2.05) is 0 Å². The van der Waals surface area contributed by atoms with E-state index in [0.29, 0.717) is 22.0 Å². The number of benzene rings is 2. The van der Waals surface area contributed by atoms with Crippen molar-refractivity contribution in [2.45, 2.75) is 5.88 Å². The lowest BCUT2D eigenvalue weighted by Gasteiger charge is -2.08. The lowest BCUT2D eigenvalue weighted by Crippen LogP contribution is -2.01. The number of rotatable bonds is 3. The van der Waals surface area contributed by atoms with Crippen LogP contribution < -0.4 is 0 Å². The number of nitrogens with zero attached hydrogens (tertiary/aromatic N) is 3. The molecule has 0 aliphatic rings. The minimum atomic E-state index is -0.699. The van der Waals surface area contributed by atoms with Crippen LogP contribution in [-0.2, 0) is 5.88 Å². The largest absolute Gasteiger partial charge is 0.212 e. The molecule has 2 aromatic carbocycles. The number of aromatic nitrogens is 3. The topological polar surface area (TPSA) is 30.7 Å². The van der Waals surface area contributed by atoms with Gasteiger partial charge in [-0.2, -0.15) is 0 Å². The second kappa shape index (κ2) is 6.02. The number of hydrogen-bond acceptors (Lipinski definition) is 2. The van der Waals surface area contributed by atoms with E-state index < -0.39 is 11.6 Å². The molecule has 0 amide bonds. The number of alkyl halides is 1. The van der Waals surface area contributed by atoms with Crippen LogP contribution in [0.4, 0.5) is 8.78 Å². The highest BCUT2D eigenvalue weighted by molar-refractivity contribution is 6.30. The maximum absolute atomic E-state index is 13.5. The van der Waals surface area contributed by atoms with Crippen LogP contribution in [0.1, 0.15) is 5.69 Å². The van der Waals surface area contributed by atoms with E-state index >= 15 is 0 Å². The maximum Gasteiger partial charge on any atom is 0.128 e. The van der Waals surface area contributed by atoms with Crippen molar-refractivity contribution >= 4 is 23.2 Å². The molecule has 3 nitrogen and oxygen atoms in total. The molecular weight excluding hydrogens is 331 g/mol. The van der Waals surface area contributed by atoms with E-state index in [0.717, 1.165) is 6.07 Å². The molecule has 0 aliphatic heterocycles. The van der Waals surface area contributed by atoms with E-state index in [-0.39, 0.29) is 11.6 Å². The molecule has 112 valence electrons. The molecule has 1 aromatic heterocycles. The summed E-state index contributed by atoms with van der Waals surface area (Å²) in [6.45, 7) is 0. The average Bonchev–Trinajstić information content (AvgIpc) is 2.90. The third-order valence-electron chi connectivity index (χ3n) is 3.06. The molecule has 1 heterocycles. The van der Waals surface area contributed by atoms with Crippen LogP contribution in [0, 0.1) is 11.6 Å². The van der Waals surface area contributed by atoms with Gasteiger partial charge in [-0.15, -0.1) is 16.7 Å². The van der Waals surface area contributed by atoms with E-state index in [9.17, 15) is 8.78 Å². The Hall–Kier alpha value is -1.98. The maximum atomic E-state index is 13.5. The van der Waals surface area contributed by atoms with Gasteiger partial charge in [0.15, 0.2) is 0 Å². The van der Waals surface area contributed by atoms with Crippen molar-refractivity contribution in [1.29, 1.82) is 0 Å². The number of halogens is 4. The Bertz CT molecular complexity index is 813. The molecular formula is C15H9Cl2F2N3. The Balaban J connectivity index is 2.23. The summed E-state index contributed by atoms with van der Waals surface area (Å²) in [5, 5.41) is 8.44. The lowest BCUT2D eigenvalue weighted by molar-refractivity contribution is 0.579. The van der Waals surface area contributed by atoms with Crippen molar-refractivity contribution < 1.29 is 8.78 Å². The molecule has 0 atom stereocenters. The zero-order valence-corrected chi connectivity index (χ0v) is 12.6. The highest BCUT2D eigenvalue weighted by Gasteiger charge is 2.17. The van der Waals surface area contributed by atoms with Crippen LogP contribution in [0.2, 0.25) is 5.02 Å². The van der Waals surface area contributed by atoms with Gasteiger partial charge in [0.05, 0.1) is 17.3 Å². The third kappa shape index (κ3) is 2.82. The Kier molecular flexibility index (Phi) is 4.09. The fourth-order valence-corrected chi connectivity index (χ4v) is 2.54. The van der Waals surface area contributed by atoms with Gasteiger partial charge in [-0.25, -0.2) is 13.5 Å². The molecule has 0 N–H and O–H groups in total. The van der Waals surface area contributed by atoms with Crippen molar-refractivity contribution in [2.24, 2.45) is 0 Å². The van der Waals surface area contributed by atoms with Gasteiger partial charge in [-0.05, 0) is 24.3 Å². The van der Waals surface area contributed by atoms with Crippen molar-refractivity contribution in [2.75, 3.05) is 0 Å². The van der Waals surface area contributed by atoms with Gasteiger partial charge < -0.3 is 0 Å². The van der Waals surface area contributed by atoms with E-state index in [4.69, 9.17) is 23.2 Å². The third-order valence-corrected chi connectivity index (χ3v) is 3.54. The van der Waals surface area contributed by atoms with Crippen LogP contribution >= 0.6 is 23.2 Å². The van der Waals surface area contributed by atoms with Gasteiger partial charge >= 0.3 is 0 Å². The predicted octanol–water partition coefficient (Wildman–Crippen LogP) is 4.60. The summed E-state index contributed by atoms with van der Waals surface area (Å²) in [4.78, 5) is 0. The normalized spacial score (nSPS) is 10.9. The summed E-state index contributed by atoms with van der Waals surface area (Å²) in [6, 6.07) is 10.1. The molecule has 0 spiro atoms. The zero-order valence-electron chi connectivity index (χ0n) is 11.1. The highest BCUT2D eigenvalue weighted by Crippen LogP contribution is 2.28. The first-order valence-electron chi connectivity index (χ1n) is 6.31.